The summed E-state index contributed by atoms with van der Waals surface area (Å²) in [5, 5.41) is 0. The molecule has 0 rings (SSSR count). The van der Waals surface area contributed by atoms with Gasteiger partial charge in [-0.2, -0.15) is 0 Å². The van der Waals surface area contributed by atoms with Crippen LogP contribution in [0.15, 0.2) is 0 Å². The van der Waals surface area contributed by atoms with Crippen LogP contribution in [0.1, 0.15) is 45.4 Å². The average Bonchev–Trinajstić information content (AvgIpc) is 2.63. The van der Waals surface area contributed by atoms with Crippen LogP contribution < -0.4 is 5.73 Å². The van der Waals surface area contributed by atoms with Gasteiger partial charge in [-0.05, 0) is 32.1 Å². The van der Waals surface area contributed by atoms with Gasteiger partial charge in [-0.1, -0.05) is 13.3 Å². The highest BCUT2D eigenvalue weighted by atomic mass is 28.4. The summed E-state index contributed by atoms with van der Waals surface area (Å²) in [5.41, 5.74) is 6.49. The summed E-state index contributed by atoms with van der Waals surface area (Å²) in [7, 11) is 4.81. The van der Waals surface area contributed by atoms with E-state index in [1.165, 1.54) is 0 Å². The van der Waals surface area contributed by atoms with Gasteiger partial charge in [0, 0.05) is 60.3 Å². The maximum absolute atomic E-state index is 6.70. The van der Waals surface area contributed by atoms with E-state index < -0.39 is 17.6 Å². The van der Waals surface area contributed by atoms with Crippen LogP contribution in [-0.4, -0.2) is 65.8 Å². The molecule has 0 aliphatic heterocycles. The molecule has 0 heterocycles. The van der Waals surface area contributed by atoms with Gasteiger partial charge in [0.1, 0.15) is 0 Å². The largest absolute Gasteiger partial charge is 0.500 e. The first kappa shape index (κ1) is 25.2. The third-order valence-electron chi connectivity index (χ3n) is 4.93. The van der Waals surface area contributed by atoms with E-state index in [-0.39, 0.29) is 5.54 Å². The first-order valence-corrected chi connectivity index (χ1v) is 12.8. The van der Waals surface area contributed by atoms with Crippen molar-refractivity contribution < 1.29 is 26.6 Å². The van der Waals surface area contributed by atoms with Crippen LogP contribution in [-0.2, 0) is 26.6 Å². The van der Waals surface area contributed by atoms with Crippen molar-refractivity contribution in [1.82, 2.24) is 0 Å². The Morgan fingerprint density at radius 2 is 0.960 bits per heavy atom. The van der Waals surface area contributed by atoms with E-state index >= 15 is 0 Å². The monoisotopic (exact) mass is 397 g/mol. The summed E-state index contributed by atoms with van der Waals surface area (Å²) in [6.45, 7) is 2.17. The highest BCUT2D eigenvalue weighted by Crippen LogP contribution is 2.28. The van der Waals surface area contributed by atoms with Crippen LogP contribution in [0.25, 0.3) is 0 Å². The zero-order valence-electron chi connectivity index (χ0n) is 17.2. The van der Waals surface area contributed by atoms with E-state index in [2.05, 4.69) is 6.92 Å². The van der Waals surface area contributed by atoms with E-state index in [4.69, 9.17) is 32.3 Å². The van der Waals surface area contributed by atoms with Crippen LogP contribution >= 0.6 is 0 Å². The Labute approximate surface area is 156 Å². The molecule has 7 nitrogen and oxygen atoms in total. The van der Waals surface area contributed by atoms with Gasteiger partial charge in [0.25, 0.3) is 0 Å². The summed E-state index contributed by atoms with van der Waals surface area (Å²) in [6.07, 6.45) is 5.69. The van der Waals surface area contributed by atoms with Crippen molar-refractivity contribution in [2.75, 3.05) is 42.7 Å². The molecular weight excluding hydrogens is 358 g/mol. The molecule has 0 aromatic heterocycles. The Balaban J connectivity index is 4.63. The molecule has 0 atom stereocenters. The summed E-state index contributed by atoms with van der Waals surface area (Å²) in [4.78, 5) is 0. The average molecular weight is 398 g/mol. The van der Waals surface area contributed by atoms with E-state index in [1.807, 2.05) is 0 Å². The van der Waals surface area contributed by atoms with Crippen LogP contribution in [0.4, 0.5) is 0 Å². The molecule has 9 heteroatoms. The Morgan fingerprint density at radius 1 is 0.640 bits per heavy atom. The van der Waals surface area contributed by atoms with Gasteiger partial charge in [-0.3, -0.25) is 0 Å². The number of rotatable bonds is 16. The standard InChI is InChI=1S/C16H39NO6Si2/c1-8-11-16(17,12-9-14-24(18-2,19-3)20-4)13-10-15-25(21-5,22-6)23-7/h8-15,17H2,1-7H3. The van der Waals surface area contributed by atoms with Gasteiger partial charge in [0.15, 0.2) is 0 Å². The molecule has 25 heavy (non-hydrogen) atoms. The van der Waals surface area contributed by atoms with E-state index in [1.54, 1.807) is 42.7 Å². The second-order valence-electron chi connectivity index (χ2n) is 6.41. The van der Waals surface area contributed by atoms with Crippen LogP contribution in [0.2, 0.25) is 12.1 Å². The first-order valence-electron chi connectivity index (χ1n) is 8.94. The van der Waals surface area contributed by atoms with Gasteiger partial charge in [0.2, 0.25) is 0 Å². The van der Waals surface area contributed by atoms with Gasteiger partial charge in [0.05, 0.1) is 0 Å². The SMILES string of the molecule is CCCC(N)(CCC[Si](OC)(OC)OC)CCC[Si](OC)(OC)OC. The molecule has 0 unspecified atom stereocenters. The smallest absolute Gasteiger partial charge is 0.377 e. The van der Waals surface area contributed by atoms with Crippen LogP contribution in [0.5, 0.6) is 0 Å². The predicted molar refractivity (Wildman–Crippen MR) is 103 cm³/mol. The molecule has 0 aromatic rings. The summed E-state index contributed by atoms with van der Waals surface area (Å²) >= 11 is 0. The van der Waals surface area contributed by atoms with Crippen molar-refractivity contribution in [3.8, 4) is 0 Å². The summed E-state index contributed by atoms with van der Waals surface area (Å²) in [5.74, 6) is 0. The zero-order valence-corrected chi connectivity index (χ0v) is 19.2. The summed E-state index contributed by atoms with van der Waals surface area (Å²) < 4.78 is 32.9. The zero-order chi connectivity index (χ0) is 19.4. The lowest BCUT2D eigenvalue weighted by Crippen LogP contribution is -2.45. The Bertz CT molecular complexity index is 298. The minimum Gasteiger partial charge on any atom is -0.377 e. The van der Waals surface area contributed by atoms with E-state index in [0.29, 0.717) is 0 Å². The molecule has 0 fully saturated rings. The second kappa shape index (κ2) is 12.5. The Kier molecular flexibility index (Phi) is 12.6. The lowest BCUT2D eigenvalue weighted by atomic mass is 9.85. The van der Waals surface area contributed by atoms with Crippen molar-refractivity contribution in [2.24, 2.45) is 5.73 Å². The van der Waals surface area contributed by atoms with Crippen molar-refractivity contribution in [3.05, 3.63) is 0 Å². The highest BCUT2D eigenvalue weighted by molar-refractivity contribution is 6.60. The molecule has 0 saturated carbocycles. The lowest BCUT2D eigenvalue weighted by molar-refractivity contribution is 0.120. The van der Waals surface area contributed by atoms with E-state index in [0.717, 1.165) is 50.6 Å². The number of nitrogens with two attached hydrogens (primary N) is 1. The molecular formula is C16H39NO6Si2. The molecule has 0 saturated heterocycles. The quantitative estimate of drug-likeness (QED) is 0.401. The molecule has 0 spiro atoms. The van der Waals surface area contributed by atoms with Gasteiger partial charge in [-0.15, -0.1) is 0 Å². The fraction of sp³-hybridized carbons (Fsp3) is 1.00. The van der Waals surface area contributed by atoms with Crippen molar-refractivity contribution >= 4 is 17.6 Å². The van der Waals surface area contributed by atoms with E-state index in [9.17, 15) is 0 Å². The molecule has 0 bridgehead atoms. The lowest BCUT2D eigenvalue weighted by Gasteiger charge is -2.32. The maximum atomic E-state index is 6.70. The third-order valence-corrected chi connectivity index (χ3v) is 10.6. The minimum atomic E-state index is -2.53. The Hall–Kier alpha value is 0.154. The highest BCUT2D eigenvalue weighted by Gasteiger charge is 2.39. The van der Waals surface area contributed by atoms with Crippen molar-refractivity contribution in [2.45, 2.75) is 63.1 Å². The Morgan fingerprint density at radius 3 is 1.20 bits per heavy atom. The van der Waals surface area contributed by atoms with Crippen molar-refractivity contribution in [1.29, 1.82) is 0 Å². The van der Waals surface area contributed by atoms with Gasteiger partial charge < -0.3 is 32.3 Å². The predicted octanol–water partition coefficient (Wildman–Crippen LogP) is 2.80. The molecule has 0 aliphatic carbocycles. The van der Waals surface area contributed by atoms with Crippen molar-refractivity contribution in [3.63, 3.8) is 0 Å². The maximum Gasteiger partial charge on any atom is 0.500 e. The second-order valence-corrected chi connectivity index (χ2v) is 12.6. The molecule has 152 valence electrons. The molecule has 0 radical (unpaired) electrons. The summed E-state index contributed by atoms with van der Waals surface area (Å²) in [6, 6.07) is 1.54. The molecule has 0 aromatic carbocycles. The minimum absolute atomic E-state index is 0.209. The fourth-order valence-corrected chi connectivity index (χ4v) is 6.74. The first-order chi connectivity index (χ1) is 11.8. The van der Waals surface area contributed by atoms with Crippen LogP contribution in [0, 0.1) is 0 Å². The topological polar surface area (TPSA) is 81.4 Å². The number of hydrogen-bond donors (Lipinski definition) is 1. The normalized spacial score (nSPS) is 13.4. The molecule has 0 aliphatic rings. The third kappa shape index (κ3) is 8.14. The molecule has 0 amide bonds. The fourth-order valence-electron chi connectivity index (χ4n) is 3.30. The van der Waals surface area contributed by atoms with Crippen LogP contribution in [0.3, 0.4) is 0 Å². The molecule has 2 N–H and O–H groups in total. The van der Waals surface area contributed by atoms with Gasteiger partial charge in [-0.25, -0.2) is 0 Å². The van der Waals surface area contributed by atoms with Gasteiger partial charge >= 0.3 is 17.6 Å². The number of hydrogen-bond acceptors (Lipinski definition) is 7.